The standard InChI is InChI=1S/C27H30ClNO4/c1-19-15-22(9-12-26(19)33-18-27(30)31)17-29(13-14-32-3)25-6-4-5-23(20(25)2)16-21-7-10-24(28)11-8-21/h4-12,15H,13-14,16-18H2,1-3H3,(H,30,31). The Labute approximate surface area is 200 Å². The molecule has 1 N–H and O–H groups in total. The van der Waals surface area contributed by atoms with Gasteiger partial charge in [0.15, 0.2) is 6.61 Å². The maximum atomic E-state index is 10.8. The Morgan fingerprint density at radius 1 is 1.03 bits per heavy atom. The van der Waals surface area contributed by atoms with Gasteiger partial charge in [0.25, 0.3) is 0 Å². The molecule has 174 valence electrons. The number of nitrogens with zero attached hydrogens (tertiary/aromatic N) is 1. The molecule has 0 aromatic heterocycles. The van der Waals surface area contributed by atoms with E-state index in [1.54, 1.807) is 7.11 Å². The van der Waals surface area contributed by atoms with Crippen LogP contribution in [0.5, 0.6) is 5.75 Å². The predicted molar refractivity (Wildman–Crippen MR) is 133 cm³/mol. The summed E-state index contributed by atoms with van der Waals surface area (Å²) in [5.41, 5.74) is 6.92. The zero-order valence-electron chi connectivity index (χ0n) is 19.3. The fourth-order valence-electron chi connectivity index (χ4n) is 3.84. The zero-order valence-corrected chi connectivity index (χ0v) is 20.1. The third-order valence-corrected chi connectivity index (χ3v) is 5.85. The summed E-state index contributed by atoms with van der Waals surface area (Å²) in [6, 6.07) is 20.3. The maximum absolute atomic E-state index is 10.8. The van der Waals surface area contributed by atoms with Gasteiger partial charge in [-0.1, -0.05) is 48.0 Å². The largest absolute Gasteiger partial charge is 0.482 e. The molecule has 3 rings (SSSR count). The summed E-state index contributed by atoms with van der Waals surface area (Å²) in [5.74, 6) is -0.399. The summed E-state index contributed by atoms with van der Waals surface area (Å²) < 4.78 is 10.7. The minimum atomic E-state index is -0.988. The molecule has 0 atom stereocenters. The molecule has 0 aliphatic rings. The molecule has 0 aliphatic carbocycles. The summed E-state index contributed by atoms with van der Waals surface area (Å²) in [5, 5.41) is 9.59. The molecular weight excluding hydrogens is 438 g/mol. The van der Waals surface area contributed by atoms with Gasteiger partial charge < -0.3 is 19.5 Å². The quantitative estimate of drug-likeness (QED) is 0.394. The van der Waals surface area contributed by atoms with Crippen LogP contribution < -0.4 is 9.64 Å². The SMILES string of the molecule is COCCN(Cc1ccc(OCC(=O)O)c(C)c1)c1cccc(Cc2ccc(Cl)cc2)c1C. The van der Waals surface area contributed by atoms with Crippen LogP contribution in [0.4, 0.5) is 5.69 Å². The molecule has 33 heavy (non-hydrogen) atoms. The topological polar surface area (TPSA) is 59.0 Å². The van der Waals surface area contributed by atoms with E-state index in [2.05, 4.69) is 42.2 Å². The van der Waals surface area contributed by atoms with Gasteiger partial charge >= 0.3 is 5.97 Å². The number of aliphatic carboxylic acids is 1. The van der Waals surface area contributed by atoms with E-state index in [0.29, 0.717) is 18.9 Å². The average molecular weight is 468 g/mol. The molecule has 0 spiro atoms. The number of carboxylic acid groups (broad SMARTS) is 1. The number of hydrogen-bond acceptors (Lipinski definition) is 4. The molecule has 3 aromatic rings. The van der Waals surface area contributed by atoms with Gasteiger partial charge in [-0.2, -0.15) is 0 Å². The molecule has 0 saturated heterocycles. The summed E-state index contributed by atoms with van der Waals surface area (Å²) in [4.78, 5) is 13.1. The number of aryl methyl sites for hydroxylation is 1. The summed E-state index contributed by atoms with van der Waals surface area (Å²) in [6.45, 7) is 5.80. The van der Waals surface area contributed by atoms with E-state index in [1.807, 2.05) is 37.3 Å². The molecule has 3 aromatic carbocycles. The number of carboxylic acids is 1. The number of benzene rings is 3. The minimum absolute atomic E-state index is 0.347. The number of anilines is 1. The monoisotopic (exact) mass is 467 g/mol. The normalized spacial score (nSPS) is 10.8. The van der Waals surface area contributed by atoms with Crippen molar-refractivity contribution in [2.45, 2.75) is 26.8 Å². The first kappa shape index (κ1) is 24.6. The summed E-state index contributed by atoms with van der Waals surface area (Å²) in [6.07, 6.45) is 0.837. The van der Waals surface area contributed by atoms with Crippen LogP contribution >= 0.6 is 11.6 Å². The lowest BCUT2D eigenvalue weighted by molar-refractivity contribution is -0.139. The first-order chi connectivity index (χ1) is 15.9. The van der Waals surface area contributed by atoms with Crippen LogP contribution in [0.2, 0.25) is 5.02 Å². The van der Waals surface area contributed by atoms with Gasteiger partial charge in [0.05, 0.1) is 6.61 Å². The first-order valence-electron chi connectivity index (χ1n) is 10.9. The maximum Gasteiger partial charge on any atom is 0.341 e. The van der Waals surface area contributed by atoms with Gasteiger partial charge in [-0.05, 0) is 72.4 Å². The number of rotatable bonds is 11. The molecule has 0 radical (unpaired) electrons. The summed E-state index contributed by atoms with van der Waals surface area (Å²) >= 11 is 6.04. The van der Waals surface area contributed by atoms with Gasteiger partial charge in [-0.25, -0.2) is 4.79 Å². The molecule has 0 aliphatic heterocycles. The Balaban J connectivity index is 1.83. The van der Waals surface area contributed by atoms with Crippen LogP contribution in [0.3, 0.4) is 0 Å². The molecule has 0 unspecified atom stereocenters. The predicted octanol–water partition coefficient (Wildman–Crippen LogP) is 5.66. The van der Waals surface area contributed by atoms with Gasteiger partial charge in [-0.3, -0.25) is 0 Å². The molecule has 0 bridgehead atoms. The van der Waals surface area contributed by atoms with Crippen molar-refractivity contribution >= 4 is 23.3 Å². The Hall–Kier alpha value is -3.02. The van der Waals surface area contributed by atoms with Crippen molar-refractivity contribution in [2.75, 3.05) is 31.8 Å². The van der Waals surface area contributed by atoms with E-state index in [0.717, 1.165) is 29.1 Å². The van der Waals surface area contributed by atoms with E-state index in [1.165, 1.54) is 22.4 Å². The highest BCUT2D eigenvalue weighted by Gasteiger charge is 2.14. The highest BCUT2D eigenvalue weighted by atomic mass is 35.5. The Bertz CT molecular complexity index is 1080. The molecule has 0 fully saturated rings. The van der Waals surface area contributed by atoms with Gasteiger partial charge in [-0.15, -0.1) is 0 Å². The summed E-state index contributed by atoms with van der Waals surface area (Å²) in [7, 11) is 1.71. The second-order valence-corrected chi connectivity index (χ2v) is 8.50. The molecular formula is C27H30ClNO4. The molecule has 0 heterocycles. The number of carbonyl (C=O) groups is 1. The minimum Gasteiger partial charge on any atom is -0.482 e. The second-order valence-electron chi connectivity index (χ2n) is 8.06. The molecule has 5 nitrogen and oxygen atoms in total. The number of hydrogen-bond donors (Lipinski definition) is 1. The lowest BCUT2D eigenvalue weighted by Crippen LogP contribution is -2.27. The number of halogens is 1. The highest BCUT2D eigenvalue weighted by molar-refractivity contribution is 6.30. The second kappa shape index (κ2) is 11.7. The zero-order chi connectivity index (χ0) is 23.8. The van der Waals surface area contributed by atoms with Crippen molar-refractivity contribution in [1.29, 1.82) is 0 Å². The van der Waals surface area contributed by atoms with Crippen LogP contribution in [0.25, 0.3) is 0 Å². The first-order valence-corrected chi connectivity index (χ1v) is 11.3. The lowest BCUT2D eigenvalue weighted by Gasteiger charge is -2.28. The smallest absolute Gasteiger partial charge is 0.341 e. The fraction of sp³-hybridized carbons (Fsp3) is 0.296. The van der Waals surface area contributed by atoms with E-state index < -0.39 is 5.97 Å². The van der Waals surface area contributed by atoms with Crippen molar-refractivity contribution in [3.05, 3.63) is 93.5 Å². The third-order valence-electron chi connectivity index (χ3n) is 5.60. The molecule has 0 amide bonds. The van der Waals surface area contributed by atoms with Crippen molar-refractivity contribution in [1.82, 2.24) is 0 Å². The Morgan fingerprint density at radius 3 is 2.42 bits per heavy atom. The Kier molecular flexibility index (Phi) is 8.75. The average Bonchev–Trinajstić information content (AvgIpc) is 2.79. The third kappa shape index (κ3) is 6.98. The Morgan fingerprint density at radius 2 is 1.76 bits per heavy atom. The van der Waals surface area contributed by atoms with E-state index in [4.69, 9.17) is 26.2 Å². The van der Waals surface area contributed by atoms with E-state index >= 15 is 0 Å². The van der Waals surface area contributed by atoms with Crippen molar-refractivity contribution < 1.29 is 19.4 Å². The van der Waals surface area contributed by atoms with Crippen molar-refractivity contribution in [3.63, 3.8) is 0 Å². The highest BCUT2D eigenvalue weighted by Crippen LogP contribution is 2.28. The van der Waals surface area contributed by atoms with Gasteiger partial charge in [0.1, 0.15) is 5.75 Å². The fourth-order valence-corrected chi connectivity index (χ4v) is 3.97. The molecule has 6 heteroatoms. The van der Waals surface area contributed by atoms with Crippen LogP contribution in [-0.4, -0.2) is 37.9 Å². The van der Waals surface area contributed by atoms with Crippen molar-refractivity contribution in [2.24, 2.45) is 0 Å². The lowest BCUT2D eigenvalue weighted by atomic mass is 9.98. The van der Waals surface area contributed by atoms with E-state index in [-0.39, 0.29) is 6.61 Å². The van der Waals surface area contributed by atoms with E-state index in [9.17, 15) is 4.79 Å². The van der Waals surface area contributed by atoms with Crippen LogP contribution in [0.1, 0.15) is 27.8 Å². The number of ether oxygens (including phenoxy) is 2. The number of methoxy groups -OCH3 is 1. The van der Waals surface area contributed by atoms with Crippen LogP contribution in [-0.2, 0) is 22.5 Å². The van der Waals surface area contributed by atoms with Gasteiger partial charge in [0.2, 0.25) is 0 Å². The van der Waals surface area contributed by atoms with Crippen LogP contribution in [0, 0.1) is 13.8 Å². The van der Waals surface area contributed by atoms with Crippen LogP contribution in [0.15, 0.2) is 60.7 Å². The van der Waals surface area contributed by atoms with Gasteiger partial charge in [0, 0.05) is 30.9 Å². The van der Waals surface area contributed by atoms with Crippen molar-refractivity contribution in [3.8, 4) is 5.75 Å². The molecule has 0 saturated carbocycles.